The minimum Gasteiger partial charge on any atom is -0.322 e. The van der Waals surface area contributed by atoms with Gasteiger partial charge in [-0.1, -0.05) is 13.8 Å². The molecule has 0 aromatic heterocycles. The van der Waals surface area contributed by atoms with Gasteiger partial charge in [-0.2, -0.15) is 0 Å². The average molecular weight is 85.0 g/mol. The fraction of sp³-hybridized carbons (Fsp3) is 1.00. The van der Waals surface area contributed by atoms with Crippen LogP contribution in [0.3, 0.4) is 0 Å². The van der Waals surface area contributed by atoms with Crippen molar-refractivity contribution in [3.05, 3.63) is 0 Å². The fourth-order valence-corrected chi connectivity index (χ4v) is 0. The largest absolute Gasteiger partial charge is 0.322 e. The second-order valence-electron chi connectivity index (χ2n) is 2.50. The van der Waals surface area contributed by atoms with Gasteiger partial charge in [-0.05, 0) is 12.5 Å². The van der Waals surface area contributed by atoms with E-state index in [0.29, 0.717) is 5.44 Å². The smallest absolute Gasteiger partial charge is 0.126 e. The highest BCUT2D eigenvalue weighted by Crippen LogP contribution is 1.87. The van der Waals surface area contributed by atoms with E-state index in [-0.39, 0.29) is 0 Å². The maximum atomic E-state index is 3.10. The number of hydrogen-bond acceptors (Lipinski definition) is 1. The summed E-state index contributed by atoms with van der Waals surface area (Å²) in [5.74, 6) is 0. The van der Waals surface area contributed by atoms with E-state index in [4.69, 9.17) is 0 Å². The van der Waals surface area contributed by atoms with Crippen LogP contribution in [0.4, 0.5) is 0 Å². The molecule has 1 nitrogen and oxygen atoms in total. The van der Waals surface area contributed by atoms with Crippen LogP contribution in [0, 0.1) is 0 Å². The Labute approximate surface area is 40.5 Å². The van der Waals surface area contributed by atoms with Crippen molar-refractivity contribution in [2.24, 2.45) is 0 Å². The SMILES string of the molecule is BC(C)(C)NC. The van der Waals surface area contributed by atoms with Crippen molar-refractivity contribution in [1.29, 1.82) is 0 Å². The molecule has 36 valence electrons. The summed E-state index contributed by atoms with van der Waals surface area (Å²) in [4.78, 5) is 0. The first-order valence-electron chi connectivity index (χ1n) is 2.25. The van der Waals surface area contributed by atoms with Crippen LogP contribution in [0.2, 0.25) is 0 Å². The first-order valence-corrected chi connectivity index (χ1v) is 2.25. The fourth-order valence-electron chi connectivity index (χ4n) is 0. The zero-order valence-electron chi connectivity index (χ0n) is 5.00. The zero-order valence-corrected chi connectivity index (χ0v) is 5.00. The Hall–Kier alpha value is 0.0249. The van der Waals surface area contributed by atoms with Crippen molar-refractivity contribution in [3.8, 4) is 0 Å². The van der Waals surface area contributed by atoms with E-state index in [1.165, 1.54) is 0 Å². The molecule has 0 unspecified atom stereocenters. The van der Waals surface area contributed by atoms with Crippen LogP contribution in [0.15, 0.2) is 0 Å². The predicted molar refractivity (Wildman–Crippen MR) is 31.7 cm³/mol. The molecule has 0 bridgehead atoms. The van der Waals surface area contributed by atoms with Crippen LogP contribution in [0.5, 0.6) is 0 Å². The molecule has 0 aliphatic rings. The molecule has 0 rings (SSSR count). The summed E-state index contributed by atoms with van der Waals surface area (Å²) in [6.07, 6.45) is 0. The summed E-state index contributed by atoms with van der Waals surface area (Å²) in [6, 6.07) is 0. The third-order valence-corrected chi connectivity index (χ3v) is 0.750. The van der Waals surface area contributed by atoms with Gasteiger partial charge in [0.1, 0.15) is 7.85 Å². The lowest BCUT2D eigenvalue weighted by molar-refractivity contribution is 0.595. The van der Waals surface area contributed by atoms with Crippen LogP contribution in [-0.4, -0.2) is 20.3 Å². The van der Waals surface area contributed by atoms with Gasteiger partial charge in [-0.15, -0.1) is 0 Å². The van der Waals surface area contributed by atoms with E-state index in [1.807, 2.05) is 7.05 Å². The van der Waals surface area contributed by atoms with E-state index in [2.05, 4.69) is 27.0 Å². The van der Waals surface area contributed by atoms with Gasteiger partial charge in [-0.3, -0.25) is 0 Å². The van der Waals surface area contributed by atoms with E-state index in [9.17, 15) is 0 Å². The number of rotatable bonds is 1. The molecule has 0 aliphatic carbocycles. The van der Waals surface area contributed by atoms with Gasteiger partial charge >= 0.3 is 0 Å². The molecule has 0 saturated heterocycles. The molecule has 0 aromatic rings. The molecule has 0 fully saturated rings. The highest BCUT2D eigenvalue weighted by atomic mass is 14.9. The summed E-state index contributed by atoms with van der Waals surface area (Å²) >= 11 is 0. The van der Waals surface area contributed by atoms with Crippen LogP contribution in [0.25, 0.3) is 0 Å². The van der Waals surface area contributed by atoms with Crippen molar-refractivity contribution in [1.82, 2.24) is 5.32 Å². The first kappa shape index (κ1) is 6.02. The lowest BCUT2D eigenvalue weighted by Gasteiger charge is -2.15. The Balaban J connectivity index is 3.17. The maximum absolute atomic E-state index is 3.10. The second kappa shape index (κ2) is 1.65. The van der Waals surface area contributed by atoms with Gasteiger partial charge < -0.3 is 5.32 Å². The van der Waals surface area contributed by atoms with Crippen molar-refractivity contribution >= 4 is 7.85 Å². The summed E-state index contributed by atoms with van der Waals surface area (Å²) < 4.78 is 0. The molecule has 0 amide bonds. The minimum absolute atomic E-state index is 0.292. The van der Waals surface area contributed by atoms with Gasteiger partial charge in [0.15, 0.2) is 0 Å². The molecular formula is C4H12BN. The molecule has 6 heavy (non-hydrogen) atoms. The lowest BCUT2D eigenvalue weighted by Crippen LogP contribution is -2.36. The molecule has 0 spiro atoms. The van der Waals surface area contributed by atoms with E-state index in [0.717, 1.165) is 0 Å². The molecule has 0 aromatic carbocycles. The van der Waals surface area contributed by atoms with Gasteiger partial charge in [0, 0.05) is 0 Å². The molecule has 0 aliphatic heterocycles. The summed E-state index contributed by atoms with van der Waals surface area (Å²) in [7, 11) is 4.09. The van der Waals surface area contributed by atoms with Crippen LogP contribution >= 0.6 is 0 Å². The third kappa shape index (κ3) is 4.02. The van der Waals surface area contributed by atoms with Crippen molar-refractivity contribution in [3.63, 3.8) is 0 Å². The monoisotopic (exact) mass is 85.1 g/mol. The highest BCUT2D eigenvalue weighted by Gasteiger charge is 2.02. The Morgan fingerprint density at radius 3 is 1.67 bits per heavy atom. The minimum atomic E-state index is 0.292. The first-order chi connectivity index (χ1) is 2.56. The van der Waals surface area contributed by atoms with Gasteiger partial charge in [-0.25, -0.2) is 0 Å². The predicted octanol–water partition coefficient (Wildman–Crippen LogP) is -0.425. The molecule has 0 atom stereocenters. The van der Waals surface area contributed by atoms with E-state index < -0.39 is 0 Å². The van der Waals surface area contributed by atoms with E-state index >= 15 is 0 Å². The number of hydrogen-bond donors (Lipinski definition) is 1. The Morgan fingerprint density at radius 2 is 1.67 bits per heavy atom. The summed E-state index contributed by atoms with van der Waals surface area (Å²) in [5, 5.41) is 3.10. The Morgan fingerprint density at radius 1 is 1.50 bits per heavy atom. The lowest BCUT2D eigenvalue weighted by atomic mass is 9.82. The zero-order chi connectivity index (χ0) is 5.21. The van der Waals surface area contributed by atoms with Crippen LogP contribution in [-0.2, 0) is 0 Å². The quantitative estimate of drug-likeness (QED) is 0.426. The van der Waals surface area contributed by atoms with Gasteiger partial charge in [0.2, 0.25) is 0 Å². The summed E-state index contributed by atoms with van der Waals surface area (Å²) in [6.45, 7) is 4.26. The summed E-state index contributed by atoms with van der Waals surface area (Å²) in [5.41, 5.74) is 0.292. The average Bonchev–Trinajstić information content (AvgIpc) is 1.35. The van der Waals surface area contributed by atoms with E-state index in [1.54, 1.807) is 0 Å². The van der Waals surface area contributed by atoms with Crippen molar-refractivity contribution in [2.75, 3.05) is 7.05 Å². The van der Waals surface area contributed by atoms with Gasteiger partial charge in [0.25, 0.3) is 0 Å². The van der Waals surface area contributed by atoms with Gasteiger partial charge in [0.05, 0.1) is 0 Å². The topological polar surface area (TPSA) is 12.0 Å². The standard InChI is InChI=1S/C4H12BN/c1-4(2,5)6-3/h6H,5H2,1-3H3. The normalized spacial score (nSPS) is 11.8. The molecule has 0 saturated carbocycles. The Bertz CT molecular complexity index is 37.3. The second-order valence-corrected chi connectivity index (χ2v) is 2.50. The number of nitrogens with one attached hydrogen (secondary N) is 1. The maximum Gasteiger partial charge on any atom is 0.126 e. The molecule has 1 N–H and O–H groups in total. The van der Waals surface area contributed by atoms with Crippen molar-refractivity contribution < 1.29 is 0 Å². The van der Waals surface area contributed by atoms with Crippen LogP contribution in [0.1, 0.15) is 13.8 Å². The third-order valence-electron chi connectivity index (χ3n) is 0.750. The van der Waals surface area contributed by atoms with Crippen LogP contribution < -0.4 is 5.32 Å². The highest BCUT2D eigenvalue weighted by molar-refractivity contribution is 6.14. The van der Waals surface area contributed by atoms with Crippen molar-refractivity contribution in [2.45, 2.75) is 19.3 Å². The molecular weight excluding hydrogens is 72.9 g/mol. The Kier molecular flexibility index (Phi) is 1.66. The molecule has 0 radical (unpaired) electrons. The molecule has 0 heterocycles. The molecule has 2 heteroatoms.